The first-order valence-electron chi connectivity index (χ1n) is 37.2. The highest BCUT2D eigenvalue weighted by Crippen LogP contribution is 2.51. The van der Waals surface area contributed by atoms with Gasteiger partial charge in [-0.3, -0.25) is 59.6 Å². The minimum atomic E-state index is -0.963. The zero-order chi connectivity index (χ0) is 80.5. The molecule has 34 heteroatoms. The van der Waals surface area contributed by atoms with E-state index >= 15 is 8.78 Å². The fourth-order valence-electron chi connectivity index (χ4n) is 16.2. The van der Waals surface area contributed by atoms with Gasteiger partial charge < -0.3 is 59.0 Å². The van der Waals surface area contributed by atoms with Gasteiger partial charge in [0.15, 0.2) is 11.6 Å². The molecule has 6 fully saturated rings. The number of hydrogen-bond acceptors (Lipinski definition) is 22. The number of anilines is 4. The zero-order valence-corrected chi connectivity index (χ0v) is 64.2. The Bertz CT molecular complexity index is 4370. The fraction of sp³-hybridized carbons (Fsp3) is 0.462. The molecule has 6 aliphatic rings. The van der Waals surface area contributed by atoms with Gasteiger partial charge in [0.2, 0.25) is 11.8 Å². The number of ether oxygens (including phenoxy) is 4. The molecule has 6 aromatic rings. The lowest BCUT2D eigenvalue weighted by Crippen LogP contribution is -2.53. The van der Waals surface area contributed by atoms with Crippen molar-refractivity contribution < 1.29 is 76.2 Å². The summed E-state index contributed by atoms with van der Waals surface area (Å²) in [6.07, 6.45) is 1.32. The Morgan fingerprint density at radius 3 is 1.09 bits per heavy atom. The Hall–Kier alpha value is -10.7. The first kappa shape index (κ1) is 82.3. The number of benzene rings is 6. The second-order valence-corrected chi connectivity index (χ2v) is 29.9. The van der Waals surface area contributed by atoms with Crippen molar-refractivity contribution in [1.29, 1.82) is 0 Å². The highest BCUT2D eigenvalue weighted by molar-refractivity contribution is 6.33. The maximum atomic E-state index is 16.3. The quantitative estimate of drug-likeness (QED) is 0.0420. The number of amides is 4. The lowest BCUT2D eigenvalue weighted by Gasteiger charge is -2.34. The van der Waals surface area contributed by atoms with E-state index in [-0.39, 0.29) is 93.8 Å². The molecule has 596 valence electrons. The lowest BCUT2D eigenvalue weighted by molar-refractivity contribution is -0.385. The fourth-order valence-corrected chi connectivity index (χ4v) is 16.5. The molecule has 6 aromatic carbocycles. The van der Waals surface area contributed by atoms with Crippen molar-refractivity contribution in [3.8, 4) is 0 Å². The molecule has 0 radical (unpaired) electrons. The smallest absolute Gasteiger partial charge is 0.407 e. The first-order chi connectivity index (χ1) is 53.6. The molecular weight excluding hydrogens is 1500 g/mol. The van der Waals surface area contributed by atoms with Crippen molar-refractivity contribution in [3.63, 3.8) is 0 Å². The van der Waals surface area contributed by atoms with Crippen LogP contribution in [0.2, 0.25) is 10.0 Å². The first-order valence-corrected chi connectivity index (χ1v) is 37.9. The minimum Gasteiger partial charge on any atom is -0.453 e. The van der Waals surface area contributed by atoms with E-state index in [1.54, 1.807) is 70.2 Å². The Morgan fingerprint density at radius 1 is 0.464 bits per heavy atom. The number of likely N-dealkylation sites (tertiary alicyclic amines) is 2. The third kappa shape index (κ3) is 18.2. The van der Waals surface area contributed by atoms with E-state index in [0.717, 1.165) is 0 Å². The summed E-state index contributed by atoms with van der Waals surface area (Å²) < 4.78 is 52.1. The summed E-state index contributed by atoms with van der Waals surface area (Å²) in [7, 11) is 2.36. The number of nitro benzene ring substituents is 4. The van der Waals surface area contributed by atoms with Gasteiger partial charge in [0.1, 0.15) is 33.8 Å². The molecule has 112 heavy (non-hydrogen) atoms. The summed E-state index contributed by atoms with van der Waals surface area (Å²) in [5.41, 5.74) is 3.20. The van der Waals surface area contributed by atoms with Crippen LogP contribution in [0.15, 0.2) is 109 Å². The van der Waals surface area contributed by atoms with E-state index in [2.05, 4.69) is 10.6 Å². The normalized spacial score (nSPS) is 20.2. The van der Waals surface area contributed by atoms with Gasteiger partial charge in [-0.25, -0.2) is 18.4 Å². The van der Waals surface area contributed by atoms with Crippen LogP contribution in [0.4, 0.5) is 63.9 Å². The van der Waals surface area contributed by atoms with Gasteiger partial charge in [-0.2, -0.15) is 0 Å². The molecule has 0 bridgehead atoms. The van der Waals surface area contributed by atoms with Gasteiger partial charge in [-0.1, -0.05) is 87.3 Å². The van der Waals surface area contributed by atoms with Crippen molar-refractivity contribution in [2.24, 2.45) is 11.8 Å². The standard InChI is InChI=1S/C52H65FN8O13.C26H23Cl2FN4O5/c1-30(2)47(54-51(66)72-5)49(64)57-19-7-9-41(57)45(62)27-34-13-11-32(25-43(34)60(68)69)38-17-18-39(59(38)36-15-16-40(37(53)29-36)56-21-23-74-24-22-56)33-12-14-35(44(26-33)61(70)71)28-46(63)42-10-8-20-58(42)50(65)48(31(3)4)55-52(67)73-6;27-19-4-1-16(13-25(19)32(34)35)22-7-8-23(17-2-5-20(28)26(14-17)33(36)37)31(22)18-3-6-24(21(29)15-18)30-9-11-38-12-10-30/h11-16,25-26,29-31,38-39,41-42,47-48H,7-10,17-24,27-28H2,1-6H3,(H,54,66)(H,55,67);1-6,13-15,22-23H,7-12H2/t38-,39-,41+,42+,47+,48+;22-,23-/m11/s1. The Morgan fingerprint density at radius 2 is 0.786 bits per heavy atom. The molecule has 8 atom stereocenters. The number of nitro groups is 4. The number of methoxy groups -OCH3 is 2. The van der Waals surface area contributed by atoms with E-state index < -0.39 is 103 Å². The number of halogens is 4. The van der Waals surface area contributed by atoms with Crippen LogP contribution in [-0.2, 0) is 51.0 Å². The molecule has 6 aliphatic heterocycles. The topological polar surface area (TPSA) is 355 Å². The third-order valence-corrected chi connectivity index (χ3v) is 22.4. The summed E-state index contributed by atoms with van der Waals surface area (Å²) in [6, 6.07) is 22.6. The second kappa shape index (κ2) is 36.2. The molecule has 12 rings (SSSR count). The van der Waals surface area contributed by atoms with Gasteiger partial charge in [0.25, 0.3) is 22.7 Å². The number of Topliss-reactive ketones (excluding diaryl/α,β-unsaturated/α-hetero) is 2. The molecule has 0 unspecified atom stereocenters. The summed E-state index contributed by atoms with van der Waals surface area (Å²) in [5.74, 6) is -3.31. The molecule has 30 nitrogen and oxygen atoms in total. The highest BCUT2D eigenvalue weighted by atomic mass is 35.5. The van der Waals surface area contributed by atoms with Gasteiger partial charge in [-0.05, 0) is 134 Å². The largest absolute Gasteiger partial charge is 0.453 e. The van der Waals surface area contributed by atoms with Crippen LogP contribution < -0.4 is 30.2 Å². The number of nitrogens with zero attached hydrogens (tertiary/aromatic N) is 10. The monoisotopic (exact) mass is 1590 g/mol. The van der Waals surface area contributed by atoms with Crippen molar-refractivity contribution in [2.75, 3.05) is 99.5 Å². The number of ketones is 2. The van der Waals surface area contributed by atoms with Gasteiger partial charge in [0, 0.05) is 98.9 Å². The average molecular weight is 1590 g/mol. The lowest BCUT2D eigenvalue weighted by atomic mass is 9.96. The number of carbonyl (C=O) groups is 6. The molecular formula is C78H88Cl2F2N12O18. The summed E-state index contributed by atoms with van der Waals surface area (Å²) in [4.78, 5) is 137. The number of nitrogens with one attached hydrogen (secondary N) is 2. The predicted molar refractivity (Wildman–Crippen MR) is 411 cm³/mol. The van der Waals surface area contributed by atoms with Gasteiger partial charge in [0.05, 0.1) is 108 Å². The van der Waals surface area contributed by atoms with Crippen molar-refractivity contribution >= 4 is 104 Å². The minimum absolute atomic E-state index is 0.0223. The van der Waals surface area contributed by atoms with Crippen molar-refractivity contribution in [1.82, 2.24) is 20.4 Å². The molecule has 4 amide bonds. The van der Waals surface area contributed by atoms with Crippen LogP contribution in [0, 0.1) is 63.9 Å². The summed E-state index contributed by atoms with van der Waals surface area (Å²) >= 11 is 12.1. The molecule has 0 aromatic heterocycles. The number of rotatable bonds is 24. The SMILES string of the molecule is COC(=O)N[C@H](C(=O)N1CCC[C@H]1C(=O)Cc1ccc([C@H]2CC[C@H](c3ccc(CC(=O)[C@@H]4CCCN4C(=O)[C@@H](NC(=O)OC)C(C)C)c([N+](=O)[O-])c3)N2c2ccc(N3CCOCC3)c(F)c2)cc1[N+](=O)[O-])C(C)C.O=[N+]([O-])c1cc([C@H]2CC[C@H](c3ccc(Cl)c([N+](=O)[O-])c3)N2c2ccc(N3CCOCC3)c(F)c2)ccc1Cl. The Labute approximate surface area is 654 Å². The van der Waals surface area contributed by atoms with Crippen LogP contribution in [-0.4, -0.2) is 169 Å². The Balaban J connectivity index is 0.000000272. The average Bonchev–Trinajstić information content (AvgIpc) is 1.69. The van der Waals surface area contributed by atoms with Crippen LogP contribution in [0.1, 0.15) is 137 Å². The Kier molecular flexibility index (Phi) is 26.6. The summed E-state index contributed by atoms with van der Waals surface area (Å²) in [5, 5.41) is 54.0. The molecule has 6 heterocycles. The number of alkyl carbamates (subject to hydrolysis) is 2. The predicted octanol–water partition coefficient (Wildman–Crippen LogP) is 13.4. The van der Waals surface area contributed by atoms with Crippen LogP contribution in [0.3, 0.4) is 0 Å². The van der Waals surface area contributed by atoms with Crippen LogP contribution in [0.25, 0.3) is 0 Å². The van der Waals surface area contributed by atoms with Gasteiger partial charge >= 0.3 is 12.2 Å². The highest BCUT2D eigenvalue weighted by Gasteiger charge is 2.44. The molecule has 0 spiro atoms. The van der Waals surface area contributed by atoms with E-state index in [0.29, 0.717) is 149 Å². The van der Waals surface area contributed by atoms with E-state index in [9.17, 15) is 69.2 Å². The van der Waals surface area contributed by atoms with Crippen LogP contribution >= 0.6 is 23.2 Å². The van der Waals surface area contributed by atoms with Crippen molar-refractivity contribution in [2.45, 2.75) is 140 Å². The molecule has 6 saturated heterocycles. The summed E-state index contributed by atoms with van der Waals surface area (Å²) in [6.45, 7) is 11.5. The zero-order valence-electron chi connectivity index (χ0n) is 62.6. The number of carbonyl (C=O) groups excluding carboxylic acids is 6. The van der Waals surface area contributed by atoms with E-state index in [1.807, 2.05) is 25.7 Å². The molecule has 0 aliphatic carbocycles. The number of hydrogen-bond donors (Lipinski definition) is 2. The molecule has 2 N–H and O–H groups in total. The van der Waals surface area contributed by atoms with E-state index in [1.165, 1.54) is 84.7 Å². The van der Waals surface area contributed by atoms with E-state index in [4.69, 9.17) is 42.1 Å². The maximum absolute atomic E-state index is 16.3. The van der Waals surface area contributed by atoms with Crippen LogP contribution in [0.5, 0.6) is 0 Å². The molecule has 0 saturated carbocycles. The third-order valence-electron chi connectivity index (χ3n) is 21.7. The number of morpholine rings is 2. The van der Waals surface area contributed by atoms with Crippen molar-refractivity contribution in [3.05, 3.63) is 205 Å². The van der Waals surface area contributed by atoms with Gasteiger partial charge in [-0.15, -0.1) is 0 Å². The maximum Gasteiger partial charge on any atom is 0.407 e. The second-order valence-electron chi connectivity index (χ2n) is 29.1.